The van der Waals surface area contributed by atoms with Crippen LogP contribution in [0.2, 0.25) is 0 Å². The minimum Gasteiger partial charge on any atom is -0.494 e. The summed E-state index contributed by atoms with van der Waals surface area (Å²) in [6, 6.07) is 27.0. The molecule has 1 atom stereocenters. The smallest absolute Gasteiger partial charge is 0.264 e. The molecule has 0 unspecified atom stereocenters. The zero-order valence-corrected chi connectivity index (χ0v) is 28.0. The highest BCUT2D eigenvalue weighted by atomic mass is 32.2. The van der Waals surface area contributed by atoms with Gasteiger partial charge in [-0.3, -0.25) is 13.9 Å². The van der Waals surface area contributed by atoms with Crippen molar-refractivity contribution in [2.45, 2.75) is 51.6 Å². The number of nitrogens with zero attached hydrogens (tertiary/aromatic N) is 2. The Morgan fingerprint density at radius 2 is 1.51 bits per heavy atom. The summed E-state index contributed by atoms with van der Waals surface area (Å²) in [5.74, 6) is -0.962. The van der Waals surface area contributed by atoms with E-state index in [-0.39, 0.29) is 35.0 Å². The van der Waals surface area contributed by atoms with Crippen molar-refractivity contribution < 1.29 is 27.1 Å². The van der Waals surface area contributed by atoms with Gasteiger partial charge in [0, 0.05) is 25.1 Å². The summed E-state index contributed by atoms with van der Waals surface area (Å²) < 4.78 is 50.0. The summed E-state index contributed by atoms with van der Waals surface area (Å²) in [6.45, 7) is 7.53. The first kappa shape index (κ1) is 35.2. The molecule has 0 aliphatic carbocycles. The fourth-order valence-electron chi connectivity index (χ4n) is 5.03. The molecule has 248 valence electrons. The van der Waals surface area contributed by atoms with Crippen molar-refractivity contribution in [1.29, 1.82) is 0 Å². The van der Waals surface area contributed by atoms with Crippen molar-refractivity contribution >= 4 is 27.5 Å². The van der Waals surface area contributed by atoms with Gasteiger partial charge in [0.25, 0.3) is 10.0 Å². The van der Waals surface area contributed by atoms with Crippen LogP contribution in [-0.2, 0) is 32.6 Å². The number of hydrogen-bond donors (Lipinski definition) is 1. The van der Waals surface area contributed by atoms with Crippen molar-refractivity contribution in [3.05, 3.63) is 126 Å². The maximum atomic E-state index is 15.1. The van der Waals surface area contributed by atoms with Gasteiger partial charge in [0.05, 0.1) is 17.2 Å². The predicted molar refractivity (Wildman–Crippen MR) is 182 cm³/mol. The van der Waals surface area contributed by atoms with Gasteiger partial charge in [-0.25, -0.2) is 12.8 Å². The van der Waals surface area contributed by atoms with E-state index in [2.05, 4.69) is 5.32 Å². The third-order valence-electron chi connectivity index (χ3n) is 7.58. The van der Waals surface area contributed by atoms with Crippen LogP contribution in [0.3, 0.4) is 0 Å². The number of benzene rings is 4. The number of halogens is 1. The van der Waals surface area contributed by atoms with Gasteiger partial charge in [0.2, 0.25) is 11.8 Å². The van der Waals surface area contributed by atoms with Crippen LogP contribution in [0.25, 0.3) is 0 Å². The van der Waals surface area contributed by atoms with E-state index < -0.39 is 40.2 Å². The van der Waals surface area contributed by atoms with Crippen LogP contribution >= 0.6 is 0 Å². The highest BCUT2D eigenvalue weighted by molar-refractivity contribution is 7.92. The molecule has 1 N–H and O–H groups in total. The first-order chi connectivity index (χ1) is 22.5. The molecule has 4 rings (SSSR count). The second-order valence-corrected chi connectivity index (χ2v) is 13.6. The summed E-state index contributed by atoms with van der Waals surface area (Å²) in [4.78, 5) is 29.6. The number of anilines is 1. The van der Waals surface area contributed by atoms with Crippen LogP contribution in [0.4, 0.5) is 10.1 Å². The molecule has 0 heterocycles. The Kier molecular flexibility index (Phi) is 12.1. The zero-order chi connectivity index (χ0) is 34.0. The molecule has 0 fully saturated rings. The Morgan fingerprint density at radius 1 is 0.872 bits per heavy atom. The van der Waals surface area contributed by atoms with Gasteiger partial charge in [-0.2, -0.15) is 0 Å². The Balaban J connectivity index is 1.79. The van der Waals surface area contributed by atoms with Crippen molar-refractivity contribution in [2.24, 2.45) is 5.92 Å². The first-order valence-corrected chi connectivity index (χ1v) is 17.1. The lowest BCUT2D eigenvalue weighted by atomic mass is 10.0. The summed E-state index contributed by atoms with van der Waals surface area (Å²) in [6.07, 6.45) is 0.140. The predicted octanol–water partition coefficient (Wildman–Crippen LogP) is 6.14. The SMILES string of the molecule is CCOc1ccc(S(=O)(=O)N(CC(=O)N(Cc2ccccc2F)[C@H](Cc2ccccc2)C(=O)NCC(C)C)c2ccc(C)cc2)cc1. The fraction of sp³-hybridized carbons (Fsp3) is 0.297. The van der Waals surface area contributed by atoms with E-state index in [9.17, 15) is 18.0 Å². The Morgan fingerprint density at radius 3 is 2.13 bits per heavy atom. The van der Waals surface area contributed by atoms with E-state index >= 15 is 4.39 Å². The van der Waals surface area contributed by atoms with Gasteiger partial charge in [-0.1, -0.05) is 80.1 Å². The van der Waals surface area contributed by atoms with Crippen LogP contribution < -0.4 is 14.4 Å². The maximum Gasteiger partial charge on any atom is 0.264 e. The van der Waals surface area contributed by atoms with E-state index in [0.717, 1.165) is 15.4 Å². The third-order valence-corrected chi connectivity index (χ3v) is 9.37. The molecule has 0 spiro atoms. The number of rotatable bonds is 15. The van der Waals surface area contributed by atoms with Gasteiger partial charge < -0.3 is 15.0 Å². The average molecular weight is 660 g/mol. The van der Waals surface area contributed by atoms with E-state index in [1.54, 1.807) is 54.6 Å². The summed E-state index contributed by atoms with van der Waals surface area (Å²) in [7, 11) is -4.28. The third kappa shape index (κ3) is 9.42. The van der Waals surface area contributed by atoms with Crippen molar-refractivity contribution in [1.82, 2.24) is 10.2 Å². The Labute approximate surface area is 277 Å². The number of carbonyl (C=O) groups is 2. The second kappa shape index (κ2) is 16.2. The lowest BCUT2D eigenvalue weighted by Crippen LogP contribution is -2.53. The molecular formula is C37H42FN3O5S. The van der Waals surface area contributed by atoms with E-state index in [4.69, 9.17) is 4.74 Å². The van der Waals surface area contributed by atoms with Crippen molar-refractivity contribution in [3.8, 4) is 5.75 Å². The van der Waals surface area contributed by atoms with E-state index in [0.29, 0.717) is 18.9 Å². The molecule has 4 aromatic carbocycles. The standard InChI is InChI=1S/C37H42FN3O5S/c1-5-46-32-19-21-33(22-20-32)47(44,45)41(31-17-15-28(4)16-18-31)26-36(42)40(25-30-13-9-10-14-34(30)38)35(37(43)39-24-27(2)3)23-29-11-7-6-8-12-29/h6-22,27,35H,5,23-26H2,1-4H3,(H,39,43)/t35-/m1/s1. The van der Waals surface area contributed by atoms with Gasteiger partial charge in [0.1, 0.15) is 24.2 Å². The summed E-state index contributed by atoms with van der Waals surface area (Å²) in [5.41, 5.74) is 2.17. The van der Waals surface area contributed by atoms with Crippen molar-refractivity contribution in [2.75, 3.05) is 24.0 Å². The topological polar surface area (TPSA) is 96.0 Å². The van der Waals surface area contributed by atoms with Gasteiger partial charge >= 0.3 is 0 Å². The molecule has 8 nitrogen and oxygen atoms in total. The first-order valence-electron chi connectivity index (χ1n) is 15.7. The monoisotopic (exact) mass is 659 g/mol. The van der Waals surface area contributed by atoms with Gasteiger partial charge in [0.15, 0.2) is 0 Å². The highest BCUT2D eigenvalue weighted by Gasteiger charge is 2.35. The molecule has 10 heteroatoms. The molecular weight excluding hydrogens is 617 g/mol. The molecule has 0 aromatic heterocycles. The number of aryl methyl sites for hydroxylation is 1. The minimum absolute atomic E-state index is 0.0366. The maximum absolute atomic E-state index is 15.1. The molecule has 2 amide bonds. The van der Waals surface area contributed by atoms with E-state index in [1.165, 1.54) is 23.1 Å². The second-order valence-electron chi connectivity index (χ2n) is 11.7. The van der Waals surface area contributed by atoms with Crippen LogP contribution in [0, 0.1) is 18.7 Å². The average Bonchev–Trinajstić information content (AvgIpc) is 3.06. The molecule has 0 aliphatic heterocycles. The largest absolute Gasteiger partial charge is 0.494 e. The number of ether oxygens (including phenoxy) is 1. The highest BCUT2D eigenvalue weighted by Crippen LogP contribution is 2.27. The van der Waals surface area contributed by atoms with Crippen LogP contribution in [-0.4, -0.2) is 50.9 Å². The number of hydrogen-bond acceptors (Lipinski definition) is 5. The Bertz CT molecular complexity index is 1730. The van der Waals surface area contributed by atoms with Crippen LogP contribution in [0.15, 0.2) is 108 Å². The quantitative estimate of drug-likeness (QED) is 0.166. The normalized spacial score (nSPS) is 12.0. The number of amides is 2. The number of nitrogens with one attached hydrogen (secondary N) is 1. The molecule has 0 radical (unpaired) electrons. The summed E-state index contributed by atoms with van der Waals surface area (Å²) in [5, 5.41) is 2.93. The fourth-order valence-corrected chi connectivity index (χ4v) is 6.44. The minimum atomic E-state index is -4.28. The molecule has 4 aromatic rings. The lowest BCUT2D eigenvalue weighted by Gasteiger charge is -2.34. The zero-order valence-electron chi connectivity index (χ0n) is 27.2. The van der Waals surface area contributed by atoms with Crippen molar-refractivity contribution in [3.63, 3.8) is 0 Å². The number of sulfonamides is 1. The lowest BCUT2D eigenvalue weighted by molar-refractivity contribution is -0.140. The van der Waals surface area contributed by atoms with Crippen LogP contribution in [0.5, 0.6) is 5.75 Å². The summed E-state index contributed by atoms with van der Waals surface area (Å²) >= 11 is 0. The molecule has 0 saturated carbocycles. The molecule has 0 aliphatic rings. The number of carbonyl (C=O) groups excluding carboxylic acids is 2. The Hall–Kier alpha value is -4.70. The van der Waals surface area contributed by atoms with Crippen LogP contribution in [0.1, 0.15) is 37.5 Å². The van der Waals surface area contributed by atoms with E-state index in [1.807, 2.05) is 58.0 Å². The molecule has 0 saturated heterocycles. The van der Waals surface area contributed by atoms with Gasteiger partial charge in [-0.05, 0) is 67.8 Å². The molecule has 47 heavy (non-hydrogen) atoms. The van der Waals surface area contributed by atoms with Gasteiger partial charge in [-0.15, -0.1) is 0 Å². The molecule has 0 bridgehead atoms.